The molecular weight excluding hydrogens is 245 g/mol. The van der Waals surface area contributed by atoms with E-state index in [9.17, 15) is 9.18 Å². The van der Waals surface area contributed by atoms with Crippen LogP contribution < -0.4 is 16.4 Å². The van der Waals surface area contributed by atoms with Crippen LogP contribution in [0.3, 0.4) is 0 Å². The molecule has 4 nitrogen and oxygen atoms in total. The summed E-state index contributed by atoms with van der Waals surface area (Å²) in [4.78, 5) is 13.4. The maximum atomic E-state index is 13.8. The lowest BCUT2D eigenvalue weighted by Gasteiger charge is -2.38. The average Bonchev–Trinajstić information content (AvgIpc) is 2.38. The second-order valence-corrected chi connectivity index (χ2v) is 5.16. The fraction of sp³-hybridized carbons (Fsp3) is 0.500. The van der Waals surface area contributed by atoms with Gasteiger partial charge < -0.3 is 16.4 Å². The van der Waals surface area contributed by atoms with E-state index >= 15 is 0 Å². The summed E-state index contributed by atoms with van der Waals surface area (Å²) < 4.78 is 13.8. The van der Waals surface area contributed by atoms with Crippen molar-refractivity contribution in [3.8, 4) is 0 Å². The van der Waals surface area contributed by atoms with Crippen molar-refractivity contribution in [1.82, 2.24) is 0 Å². The van der Waals surface area contributed by atoms with Crippen LogP contribution in [-0.4, -0.2) is 18.5 Å². The van der Waals surface area contributed by atoms with E-state index in [2.05, 4.69) is 6.92 Å². The van der Waals surface area contributed by atoms with Crippen LogP contribution in [0.5, 0.6) is 0 Å². The molecule has 5 heteroatoms. The Bertz CT molecular complexity index is 478. The minimum Gasteiger partial charge on any atom is -0.369 e. The van der Waals surface area contributed by atoms with Crippen LogP contribution in [0.1, 0.15) is 25.3 Å². The van der Waals surface area contributed by atoms with E-state index in [0.29, 0.717) is 12.1 Å². The Morgan fingerprint density at radius 2 is 2.21 bits per heavy atom. The number of hydrogen-bond donors (Lipinski definition) is 2. The predicted molar refractivity (Wildman–Crippen MR) is 73.0 cm³/mol. The number of nitrogens with two attached hydrogens (primary N) is 2. The van der Waals surface area contributed by atoms with Crippen LogP contribution in [0.4, 0.5) is 10.1 Å². The molecule has 1 saturated heterocycles. The second-order valence-electron chi connectivity index (χ2n) is 5.16. The van der Waals surface area contributed by atoms with Crippen LogP contribution in [0.15, 0.2) is 18.2 Å². The van der Waals surface area contributed by atoms with Gasteiger partial charge in [0.2, 0.25) is 5.91 Å². The van der Waals surface area contributed by atoms with Crippen LogP contribution in [0.25, 0.3) is 0 Å². The van der Waals surface area contributed by atoms with Gasteiger partial charge in [0, 0.05) is 30.4 Å². The highest BCUT2D eigenvalue weighted by atomic mass is 19.1. The van der Waals surface area contributed by atoms with Crippen molar-refractivity contribution in [3.05, 3.63) is 29.6 Å². The lowest BCUT2D eigenvalue weighted by atomic mass is 9.92. The quantitative estimate of drug-likeness (QED) is 0.867. The fourth-order valence-corrected chi connectivity index (χ4v) is 2.58. The number of hydrogen-bond acceptors (Lipinski definition) is 3. The SMILES string of the molecule is CC1CCC(C(N)=O)CN1c1ccc(CN)c(F)c1. The van der Waals surface area contributed by atoms with Crippen LogP contribution in [0.2, 0.25) is 0 Å². The van der Waals surface area contributed by atoms with Gasteiger partial charge >= 0.3 is 0 Å². The second kappa shape index (κ2) is 5.57. The summed E-state index contributed by atoms with van der Waals surface area (Å²) in [5.41, 5.74) is 12.1. The summed E-state index contributed by atoms with van der Waals surface area (Å²) in [6.45, 7) is 2.81. The maximum absolute atomic E-state index is 13.8. The highest BCUT2D eigenvalue weighted by Crippen LogP contribution is 2.28. The molecule has 0 saturated carbocycles. The molecule has 1 fully saturated rings. The number of anilines is 1. The molecule has 2 atom stereocenters. The highest BCUT2D eigenvalue weighted by Gasteiger charge is 2.29. The number of halogens is 1. The minimum absolute atomic E-state index is 0.159. The maximum Gasteiger partial charge on any atom is 0.222 e. The van der Waals surface area contributed by atoms with Gasteiger partial charge in [-0.25, -0.2) is 4.39 Å². The van der Waals surface area contributed by atoms with E-state index in [0.717, 1.165) is 18.5 Å². The molecule has 1 aromatic rings. The lowest BCUT2D eigenvalue weighted by Crippen LogP contribution is -2.45. The zero-order chi connectivity index (χ0) is 14.0. The Balaban J connectivity index is 2.23. The van der Waals surface area contributed by atoms with Crippen molar-refractivity contribution < 1.29 is 9.18 Å². The first kappa shape index (κ1) is 13.8. The molecule has 0 aromatic heterocycles. The van der Waals surface area contributed by atoms with E-state index in [-0.39, 0.29) is 30.2 Å². The lowest BCUT2D eigenvalue weighted by molar-refractivity contribution is -0.122. The minimum atomic E-state index is -0.298. The molecular formula is C14H20FN3O. The molecule has 0 aliphatic carbocycles. The molecule has 2 rings (SSSR count). The number of carbonyl (C=O) groups is 1. The molecule has 1 aromatic carbocycles. The largest absolute Gasteiger partial charge is 0.369 e. The number of carbonyl (C=O) groups excluding carboxylic acids is 1. The Morgan fingerprint density at radius 1 is 1.47 bits per heavy atom. The van der Waals surface area contributed by atoms with Gasteiger partial charge in [0.15, 0.2) is 0 Å². The van der Waals surface area contributed by atoms with Crippen molar-refractivity contribution in [3.63, 3.8) is 0 Å². The number of rotatable bonds is 3. The molecule has 0 spiro atoms. The van der Waals surface area contributed by atoms with Crippen molar-refractivity contribution >= 4 is 11.6 Å². The molecule has 2 unspecified atom stereocenters. The third-order valence-corrected chi connectivity index (χ3v) is 3.87. The Kier molecular flexibility index (Phi) is 4.04. The van der Waals surface area contributed by atoms with Crippen molar-refractivity contribution in [1.29, 1.82) is 0 Å². The summed E-state index contributed by atoms with van der Waals surface area (Å²) in [6, 6.07) is 5.32. The molecule has 1 heterocycles. The standard InChI is InChI=1S/C14H20FN3O/c1-9-2-3-11(14(17)19)8-18(9)12-5-4-10(7-16)13(15)6-12/h4-6,9,11H,2-3,7-8,16H2,1H3,(H2,17,19). The molecule has 1 aliphatic heterocycles. The predicted octanol–water partition coefficient (Wildman–Crippen LogP) is 1.37. The molecule has 0 radical (unpaired) electrons. The smallest absolute Gasteiger partial charge is 0.222 e. The van der Waals surface area contributed by atoms with Gasteiger partial charge in [-0.3, -0.25) is 4.79 Å². The zero-order valence-electron chi connectivity index (χ0n) is 11.1. The monoisotopic (exact) mass is 265 g/mol. The van der Waals surface area contributed by atoms with Crippen molar-refractivity contribution in [2.45, 2.75) is 32.4 Å². The Labute approximate surface area is 112 Å². The highest BCUT2D eigenvalue weighted by molar-refractivity contribution is 5.77. The normalized spacial score (nSPS) is 23.4. The summed E-state index contributed by atoms with van der Waals surface area (Å²) in [5.74, 6) is -0.738. The molecule has 19 heavy (non-hydrogen) atoms. The number of nitrogens with zero attached hydrogens (tertiary/aromatic N) is 1. The van der Waals surface area contributed by atoms with Gasteiger partial charge in [0.25, 0.3) is 0 Å². The summed E-state index contributed by atoms with van der Waals surface area (Å²) in [7, 11) is 0. The van der Waals surface area contributed by atoms with Gasteiger partial charge in [0.1, 0.15) is 5.82 Å². The van der Waals surface area contributed by atoms with Crippen molar-refractivity contribution in [2.24, 2.45) is 17.4 Å². The zero-order valence-corrected chi connectivity index (χ0v) is 11.1. The molecule has 0 bridgehead atoms. The first-order valence-corrected chi connectivity index (χ1v) is 6.57. The molecule has 1 aliphatic rings. The van der Waals surface area contributed by atoms with Gasteiger partial charge in [-0.05, 0) is 31.9 Å². The molecule has 104 valence electrons. The summed E-state index contributed by atoms with van der Waals surface area (Å²) in [6.07, 6.45) is 1.68. The van der Waals surface area contributed by atoms with Crippen LogP contribution in [-0.2, 0) is 11.3 Å². The van der Waals surface area contributed by atoms with Gasteiger partial charge in [0.05, 0.1) is 5.92 Å². The van der Waals surface area contributed by atoms with Gasteiger partial charge in [-0.15, -0.1) is 0 Å². The molecule has 1 amide bonds. The van der Waals surface area contributed by atoms with E-state index < -0.39 is 0 Å². The first-order valence-electron chi connectivity index (χ1n) is 6.57. The summed E-state index contributed by atoms with van der Waals surface area (Å²) >= 11 is 0. The van der Waals surface area contributed by atoms with E-state index in [1.165, 1.54) is 6.07 Å². The number of amides is 1. The third kappa shape index (κ3) is 2.87. The van der Waals surface area contributed by atoms with E-state index in [4.69, 9.17) is 11.5 Å². The third-order valence-electron chi connectivity index (χ3n) is 3.87. The van der Waals surface area contributed by atoms with Gasteiger partial charge in [-0.1, -0.05) is 6.07 Å². The average molecular weight is 265 g/mol. The summed E-state index contributed by atoms with van der Waals surface area (Å²) in [5, 5.41) is 0. The van der Waals surface area contributed by atoms with Crippen LogP contribution >= 0.6 is 0 Å². The topological polar surface area (TPSA) is 72.4 Å². The van der Waals surface area contributed by atoms with Gasteiger partial charge in [-0.2, -0.15) is 0 Å². The van der Waals surface area contributed by atoms with Crippen LogP contribution in [0, 0.1) is 11.7 Å². The van der Waals surface area contributed by atoms with E-state index in [1.54, 1.807) is 6.07 Å². The Morgan fingerprint density at radius 3 is 2.79 bits per heavy atom. The number of primary amides is 1. The molecule has 4 N–H and O–H groups in total. The Hall–Kier alpha value is -1.62. The number of piperidine rings is 1. The van der Waals surface area contributed by atoms with Crippen molar-refractivity contribution in [2.75, 3.05) is 11.4 Å². The van der Waals surface area contributed by atoms with E-state index in [1.807, 2.05) is 11.0 Å². The number of benzene rings is 1. The fourth-order valence-electron chi connectivity index (χ4n) is 2.58. The first-order chi connectivity index (χ1) is 9.02.